The maximum absolute atomic E-state index is 12.5. The lowest BCUT2D eigenvalue weighted by molar-refractivity contribution is -0.314. The van der Waals surface area contributed by atoms with Crippen LogP contribution >= 0.6 is 0 Å². The van der Waals surface area contributed by atoms with Crippen molar-refractivity contribution in [2.45, 2.75) is 25.8 Å². The smallest absolute Gasteiger partial charge is 0.224 e. The third-order valence-corrected chi connectivity index (χ3v) is 5.41. The summed E-state index contributed by atoms with van der Waals surface area (Å²) < 4.78 is 10.4. The molecule has 0 radical (unpaired) electrons. The molecule has 2 fully saturated rings. The van der Waals surface area contributed by atoms with Crippen LogP contribution in [0.15, 0.2) is 18.2 Å². The van der Waals surface area contributed by atoms with Gasteiger partial charge in [-0.2, -0.15) is 0 Å². The Morgan fingerprint density at radius 2 is 1.79 bits per heavy atom. The summed E-state index contributed by atoms with van der Waals surface area (Å²) in [7, 11) is 3.12. The average molecular weight is 332 g/mol. The molecule has 2 aliphatic rings. The SMILES string of the molecule is COc1ccc(CNC(=O)[C@H]2[C@H]3CC[C@@H](C3)[C@@H]2C(=O)[O-])cc1OC. The number of rotatable bonds is 6. The van der Waals surface area contributed by atoms with E-state index in [1.165, 1.54) is 0 Å². The number of carboxylic acid groups (broad SMARTS) is 1. The van der Waals surface area contributed by atoms with Gasteiger partial charge >= 0.3 is 0 Å². The highest BCUT2D eigenvalue weighted by Crippen LogP contribution is 2.52. The van der Waals surface area contributed by atoms with E-state index in [9.17, 15) is 14.7 Å². The largest absolute Gasteiger partial charge is 0.550 e. The van der Waals surface area contributed by atoms with Crippen molar-refractivity contribution >= 4 is 11.9 Å². The fourth-order valence-electron chi connectivity index (χ4n) is 4.31. The van der Waals surface area contributed by atoms with E-state index in [1.807, 2.05) is 6.07 Å². The second-order valence-electron chi connectivity index (χ2n) is 6.61. The van der Waals surface area contributed by atoms with Crippen LogP contribution in [-0.4, -0.2) is 26.1 Å². The quantitative estimate of drug-likeness (QED) is 0.830. The number of fused-ring (bicyclic) bond motifs is 2. The van der Waals surface area contributed by atoms with E-state index >= 15 is 0 Å². The lowest BCUT2D eigenvalue weighted by atomic mass is 9.78. The number of hydrogen-bond donors (Lipinski definition) is 1. The molecule has 2 bridgehead atoms. The molecule has 2 aliphatic carbocycles. The monoisotopic (exact) mass is 332 g/mol. The molecule has 0 heterocycles. The van der Waals surface area contributed by atoms with E-state index in [-0.39, 0.29) is 17.7 Å². The lowest BCUT2D eigenvalue weighted by Gasteiger charge is -2.30. The number of methoxy groups -OCH3 is 2. The zero-order valence-electron chi connectivity index (χ0n) is 13.9. The molecule has 6 nitrogen and oxygen atoms in total. The molecule has 1 amide bonds. The summed E-state index contributed by atoms with van der Waals surface area (Å²) in [5.41, 5.74) is 0.870. The van der Waals surface area contributed by atoms with E-state index in [0.717, 1.165) is 24.8 Å². The van der Waals surface area contributed by atoms with E-state index < -0.39 is 17.8 Å². The predicted molar refractivity (Wildman–Crippen MR) is 84.2 cm³/mol. The normalized spacial score (nSPS) is 27.8. The van der Waals surface area contributed by atoms with Crippen LogP contribution in [0.2, 0.25) is 0 Å². The van der Waals surface area contributed by atoms with Crippen molar-refractivity contribution in [2.24, 2.45) is 23.7 Å². The van der Waals surface area contributed by atoms with Gasteiger partial charge in [0.05, 0.1) is 14.2 Å². The summed E-state index contributed by atoms with van der Waals surface area (Å²) >= 11 is 0. The number of carboxylic acids is 1. The first-order valence-electron chi connectivity index (χ1n) is 8.24. The first-order chi connectivity index (χ1) is 11.5. The molecule has 1 N–H and O–H groups in total. The summed E-state index contributed by atoms with van der Waals surface area (Å²) in [5, 5.41) is 14.3. The maximum atomic E-state index is 12.5. The van der Waals surface area contributed by atoms with E-state index in [1.54, 1.807) is 26.4 Å². The van der Waals surface area contributed by atoms with E-state index in [4.69, 9.17) is 9.47 Å². The third-order valence-electron chi connectivity index (χ3n) is 5.41. The van der Waals surface area contributed by atoms with Gasteiger partial charge < -0.3 is 24.7 Å². The second-order valence-corrected chi connectivity index (χ2v) is 6.61. The first-order valence-corrected chi connectivity index (χ1v) is 8.24. The van der Waals surface area contributed by atoms with E-state index in [0.29, 0.717) is 18.0 Å². The average Bonchev–Trinajstić information content (AvgIpc) is 3.20. The van der Waals surface area contributed by atoms with Gasteiger partial charge in [-0.05, 0) is 48.8 Å². The number of amides is 1. The van der Waals surface area contributed by atoms with Crippen LogP contribution in [0.5, 0.6) is 11.5 Å². The number of carbonyl (C=O) groups excluding carboxylic acids is 2. The number of ether oxygens (including phenoxy) is 2. The summed E-state index contributed by atoms with van der Waals surface area (Å²) in [6.07, 6.45) is 2.65. The second kappa shape index (κ2) is 6.71. The van der Waals surface area contributed by atoms with Crippen LogP contribution < -0.4 is 19.9 Å². The van der Waals surface area contributed by atoms with Gasteiger partial charge in [-0.25, -0.2) is 0 Å². The van der Waals surface area contributed by atoms with Gasteiger partial charge in [0.2, 0.25) is 5.91 Å². The zero-order chi connectivity index (χ0) is 17.3. The fraction of sp³-hybridized carbons (Fsp3) is 0.556. The van der Waals surface area contributed by atoms with Crippen molar-refractivity contribution in [1.82, 2.24) is 5.32 Å². The van der Waals surface area contributed by atoms with Gasteiger partial charge in [0, 0.05) is 24.3 Å². The Morgan fingerprint density at radius 1 is 1.12 bits per heavy atom. The number of carbonyl (C=O) groups is 2. The number of benzene rings is 1. The molecule has 3 rings (SSSR count). The molecule has 24 heavy (non-hydrogen) atoms. The van der Waals surface area contributed by atoms with Crippen LogP contribution in [0.25, 0.3) is 0 Å². The molecule has 0 unspecified atom stereocenters. The lowest BCUT2D eigenvalue weighted by Crippen LogP contribution is -2.45. The molecule has 1 aromatic rings. The summed E-state index contributed by atoms with van der Waals surface area (Å²) in [6, 6.07) is 5.43. The minimum absolute atomic E-state index is 0.0943. The first kappa shape index (κ1) is 16.6. The number of nitrogens with one attached hydrogen (secondary N) is 1. The molecule has 6 heteroatoms. The molecule has 1 aromatic carbocycles. The topological polar surface area (TPSA) is 87.7 Å². The summed E-state index contributed by atoms with van der Waals surface area (Å²) in [5.74, 6) is -0.905. The minimum Gasteiger partial charge on any atom is -0.550 e. The molecule has 130 valence electrons. The Morgan fingerprint density at radius 3 is 2.42 bits per heavy atom. The molecule has 0 saturated heterocycles. The Balaban J connectivity index is 1.66. The van der Waals surface area contributed by atoms with Gasteiger partial charge in [0.1, 0.15) is 0 Å². The van der Waals surface area contributed by atoms with Crippen molar-refractivity contribution in [3.8, 4) is 11.5 Å². The molecule has 2 saturated carbocycles. The Bertz CT molecular complexity index is 644. The molecular formula is C18H22NO5-. The number of aliphatic carboxylic acids is 1. The van der Waals surface area contributed by atoms with Crippen molar-refractivity contribution in [3.63, 3.8) is 0 Å². The third kappa shape index (κ3) is 2.92. The van der Waals surface area contributed by atoms with Gasteiger partial charge in [-0.15, -0.1) is 0 Å². The van der Waals surface area contributed by atoms with Gasteiger partial charge in [0.25, 0.3) is 0 Å². The number of hydrogen-bond acceptors (Lipinski definition) is 5. The standard InChI is InChI=1S/C18H23NO5/c1-23-13-6-3-10(7-14(13)24-2)9-19-17(20)15-11-4-5-12(8-11)16(15)18(21)22/h3,6-7,11-12,15-16H,4-5,8-9H2,1-2H3,(H,19,20)(H,21,22)/p-1/t11-,12-,15-,16-/m0/s1. The fourth-order valence-corrected chi connectivity index (χ4v) is 4.31. The van der Waals surface area contributed by atoms with Crippen molar-refractivity contribution in [1.29, 1.82) is 0 Å². The Hall–Kier alpha value is -2.24. The van der Waals surface area contributed by atoms with Gasteiger partial charge in [0.15, 0.2) is 11.5 Å². The highest BCUT2D eigenvalue weighted by atomic mass is 16.5. The molecule has 0 aliphatic heterocycles. The molecule has 4 atom stereocenters. The highest BCUT2D eigenvalue weighted by Gasteiger charge is 2.51. The van der Waals surface area contributed by atoms with Crippen LogP contribution in [0.3, 0.4) is 0 Å². The highest BCUT2D eigenvalue weighted by molar-refractivity contribution is 5.85. The van der Waals surface area contributed by atoms with Crippen LogP contribution in [0.4, 0.5) is 0 Å². The van der Waals surface area contributed by atoms with Crippen LogP contribution in [-0.2, 0) is 16.1 Å². The summed E-state index contributed by atoms with van der Waals surface area (Å²) in [4.78, 5) is 24.0. The minimum atomic E-state index is -1.09. The maximum Gasteiger partial charge on any atom is 0.224 e. The Kier molecular flexibility index (Phi) is 4.64. The predicted octanol–water partition coefficient (Wildman–Crippen LogP) is 0.732. The van der Waals surface area contributed by atoms with Gasteiger partial charge in [-0.3, -0.25) is 4.79 Å². The van der Waals surface area contributed by atoms with E-state index in [2.05, 4.69) is 5.32 Å². The van der Waals surface area contributed by atoms with Gasteiger partial charge in [-0.1, -0.05) is 6.07 Å². The van der Waals surface area contributed by atoms with Crippen molar-refractivity contribution < 1.29 is 24.2 Å². The summed E-state index contributed by atoms with van der Waals surface area (Å²) in [6.45, 7) is 0.326. The van der Waals surface area contributed by atoms with Crippen molar-refractivity contribution in [3.05, 3.63) is 23.8 Å². The Labute approximate surface area is 141 Å². The molecule has 0 spiro atoms. The van der Waals surface area contributed by atoms with Crippen LogP contribution in [0.1, 0.15) is 24.8 Å². The molecular weight excluding hydrogens is 310 g/mol. The van der Waals surface area contributed by atoms with Crippen LogP contribution in [0, 0.1) is 23.7 Å². The zero-order valence-corrected chi connectivity index (χ0v) is 13.9. The van der Waals surface area contributed by atoms with Crippen molar-refractivity contribution in [2.75, 3.05) is 14.2 Å². The molecule has 0 aromatic heterocycles.